The highest BCUT2D eigenvalue weighted by molar-refractivity contribution is 5.86. The molecule has 0 aliphatic heterocycles. The molecule has 3 aromatic rings. The third-order valence-corrected chi connectivity index (χ3v) is 3.61. The fraction of sp³-hybridized carbons (Fsp3) is 0.118. The fourth-order valence-electron chi connectivity index (χ4n) is 2.30. The summed E-state index contributed by atoms with van der Waals surface area (Å²) in [6.45, 7) is 4.09. The molecule has 0 N–H and O–H groups in total. The van der Waals surface area contributed by atoms with Crippen LogP contribution < -0.4 is 0 Å². The standard InChI is InChI=1S/C17H15N3O/c1-12-6-5-7-15(13(12)2)17-14(11-21)10-20(19-17)16-8-3-4-9-18-16/h3-11H,1-2H3. The highest BCUT2D eigenvalue weighted by Gasteiger charge is 2.14. The number of nitrogens with zero attached hydrogens (tertiary/aromatic N) is 3. The second-order valence-corrected chi connectivity index (χ2v) is 4.93. The van der Waals surface area contributed by atoms with Crippen LogP contribution in [0.2, 0.25) is 0 Å². The Bertz CT molecular complexity index is 791. The van der Waals surface area contributed by atoms with Gasteiger partial charge in [0.05, 0.1) is 5.56 Å². The molecule has 0 bridgehead atoms. The number of carbonyl (C=O) groups excluding carboxylic acids is 1. The van der Waals surface area contributed by atoms with Gasteiger partial charge in [0.2, 0.25) is 0 Å². The number of aryl methyl sites for hydroxylation is 1. The zero-order valence-electron chi connectivity index (χ0n) is 11.9. The minimum Gasteiger partial charge on any atom is -0.298 e. The van der Waals surface area contributed by atoms with Gasteiger partial charge < -0.3 is 0 Å². The maximum Gasteiger partial charge on any atom is 0.153 e. The van der Waals surface area contributed by atoms with E-state index in [0.717, 1.165) is 17.4 Å². The second kappa shape index (κ2) is 5.32. The average Bonchev–Trinajstić information content (AvgIpc) is 2.95. The van der Waals surface area contributed by atoms with Gasteiger partial charge in [-0.2, -0.15) is 5.10 Å². The molecule has 0 aliphatic carbocycles. The van der Waals surface area contributed by atoms with Crippen LogP contribution in [-0.4, -0.2) is 21.1 Å². The van der Waals surface area contributed by atoms with Gasteiger partial charge in [-0.15, -0.1) is 0 Å². The summed E-state index contributed by atoms with van der Waals surface area (Å²) in [5.41, 5.74) is 4.54. The molecule has 0 spiro atoms. The summed E-state index contributed by atoms with van der Waals surface area (Å²) >= 11 is 0. The Kier molecular flexibility index (Phi) is 3.36. The zero-order valence-corrected chi connectivity index (χ0v) is 11.9. The van der Waals surface area contributed by atoms with Crippen LogP contribution in [-0.2, 0) is 0 Å². The molecule has 0 saturated heterocycles. The topological polar surface area (TPSA) is 47.8 Å². The van der Waals surface area contributed by atoms with Crippen molar-refractivity contribution >= 4 is 6.29 Å². The average molecular weight is 277 g/mol. The molecule has 4 nitrogen and oxygen atoms in total. The lowest BCUT2D eigenvalue weighted by Crippen LogP contribution is -1.97. The molecular formula is C17H15N3O. The summed E-state index contributed by atoms with van der Waals surface area (Å²) in [5.74, 6) is 0.692. The van der Waals surface area contributed by atoms with Crippen LogP contribution in [0.3, 0.4) is 0 Å². The SMILES string of the molecule is Cc1cccc(-c2nn(-c3ccccn3)cc2C=O)c1C. The number of aldehydes is 1. The van der Waals surface area contributed by atoms with Crippen LogP contribution in [0.15, 0.2) is 48.8 Å². The molecule has 4 heteroatoms. The van der Waals surface area contributed by atoms with Gasteiger partial charge in [-0.25, -0.2) is 9.67 Å². The molecule has 0 unspecified atom stereocenters. The largest absolute Gasteiger partial charge is 0.298 e. The van der Waals surface area contributed by atoms with Gasteiger partial charge in [0, 0.05) is 18.0 Å². The molecule has 0 saturated carbocycles. The Balaban J connectivity index is 2.17. The fourth-order valence-corrected chi connectivity index (χ4v) is 2.30. The van der Waals surface area contributed by atoms with Crippen LogP contribution in [0.1, 0.15) is 21.5 Å². The Hall–Kier alpha value is -2.75. The molecule has 0 amide bonds. The van der Waals surface area contributed by atoms with Crippen molar-refractivity contribution in [1.29, 1.82) is 0 Å². The lowest BCUT2D eigenvalue weighted by Gasteiger charge is -2.06. The van der Waals surface area contributed by atoms with E-state index in [-0.39, 0.29) is 0 Å². The Labute approximate surface area is 123 Å². The van der Waals surface area contributed by atoms with Gasteiger partial charge in [0.25, 0.3) is 0 Å². The van der Waals surface area contributed by atoms with Gasteiger partial charge in [-0.1, -0.05) is 24.3 Å². The first-order valence-corrected chi connectivity index (χ1v) is 6.73. The van der Waals surface area contributed by atoms with Gasteiger partial charge >= 0.3 is 0 Å². The number of benzene rings is 1. The predicted molar refractivity (Wildman–Crippen MR) is 81.7 cm³/mol. The van der Waals surface area contributed by atoms with E-state index in [4.69, 9.17) is 0 Å². The van der Waals surface area contributed by atoms with Crippen LogP contribution >= 0.6 is 0 Å². The van der Waals surface area contributed by atoms with Crippen molar-refractivity contribution in [3.05, 3.63) is 65.5 Å². The highest BCUT2D eigenvalue weighted by atomic mass is 16.1. The lowest BCUT2D eigenvalue weighted by molar-refractivity contribution is 0.112. The molecule has 1 aromatic carbocycles. The van der Waals surface area contributed by atoms with Crippen molar-refractivity contribution in [2.45, 2.75) is 13.8 Å². The molecule has 104 valence electrons. The van der Waals surface area contributed by atoms with E-state index in [1.54, 1.807) is 17.1 Å². The molecule has 0 radical (unpaired) electrons. The smallest absolute Gasteiger partial charge is 0.153 e. The zero-order chi connectivity index (χ0) is 14.8. The summed E-state index contributed by atoms with van der Waals surface area (Å²) in [6, 6.07) is 11.6. The van der Waals surface area contributed by atoms with E-state index in [1.165, 1.54) is 5.56 Å². The molecule has 0 atom stereocenters. The van der Waals surface area contributed by atoms with Crippen molar-refractivity contribution in [3.8, 4) is 17.1 Å². The molecular weight excluding hydrogens is 262 g/mol. The van der Waals surface area contributed by atoms with Crippen LogP contribution in [0, 0.1) is 13.8 Å². The second-order valence-electron chi connectivity index (χ2n) is 4.93. The number of hydrogen-bond acceptors (Lipinski definition) is 3. The molecule has 0 fully saturated rings. The quantitative estimate of drug-likeness (QED) is 0.690. The lowest BCUT2D eigenvalue weighted by atomic mass is 9.99. The van der Waals surface area contributed by atoms with Gasteiger partial charge in [-0.3, -0.25) is 4.79 Å². The first-order valence-electron chi connectivity index (χ1n) is 6.73. The highest BCUT2D eigenvalue weighted by Crippen LogP contribution is 2.27. The number of hydrogen-bond donors (Lipinski definition) is 0. The summed E-state index contributed by atoms with van der Waals surface area (Å²) < 4.78 is 1.64. The molecule has 3 rings (SSSR count). The maximum atomic E-state index is 11.4. The Morgan fingerprint density at radius 2 is 1.95 bits per heavy atom. The van der Waals surface area contributed by atoms with E-state index >= 15 is 0 Å². The van der Waals surface area contributed by atoms with Gasteiger partial charge in [0.15, 0.2) is 12.1 Å². The third kappa shape index (κ3) is 2.36. The molecule has 2 heterocycles. The van der Waals surface area contributed by atoms with Crippen molar-refractivity contribution in [2.75, 3.05) is 0 Å². The number of carbonyl (C=O) groups is 1. The van der Waals surface area contributed by atoms with E-state index in [2.05, 4.69) is 23.1 Å². The maximum absolute atomic E-state index is 11.4. The van der Waals surface area contributed by atoms with Crippen LogP contribution in [0.4, 0.5) is 0 Å². The van der Waals surface area contributed by atoms with Crippen molar-refractivity contribution in [3.63, 3.8) is 0 Å². The van der Waals surface area contributed by atoms with Crippen LogP contribution in [0.25, 0.3) is 17.1 Å². The summed E-state index contributed by atoms with van der Waals surface area (Å²) in [7, 11) is 0. The van der Waals surface area contributed by atoms with Crippen LogP contribution in [0.5, 0.6) is 0 Å². The normalized spacial score (nSPS) is 10.6. The number of aromatic nitrogens is 3. The minimum absolute atomic E-state index is 0.564. The predicted octanol–water partition coefficient (Wildman–Crippen LogP) is 3.36. The van der Waals surface area contributed by atoms with Crippen molar-refractivity contribution in [1.82, 2.24) is 14.8 Å². The molecule has 0 aliphatic rings. The summed E-state index contributed by atoms with van der Waals surface area (Å²) in [5, 5.41) is 4.55. The monoisotopic (exact) mass is 277 g/mol. The molecule has 21 heavy (non-hydrogen) atoms. The van der Waals surface area contributed by atoms with E-state index < -0.39 is 0 Å². The van der Waals surface area contributed by atoms with Gasteiger partial charge in [0.1, 0.15) is 5.69 Å². The van der Waals surface area contributed by atoms with Crippen molar-refractivity contribution in [2.24, 2.45) is 0 Å². The Morgan fingerprint density at radius 3 is 2.67 bits per heavy atom. The Morgan fingerprint density at radius 1 is 1.10 bits per heavy atom. The van der Waals surface area contributed by atoms with Crippen molar-refractivity contribution < 1.29 is 4.79 Å². The van der Waals surface area contributed by atoms with E-state index in [0.29, 0.717) is 17.1 Å². The number of rotatable bonds is 3. The number of pyridine rings is 1. The third-order valence-electron chi connectivity index (χ3n) is 3.61. The summed E-state index contributed by atoms with van der Waals surface area (Å²) in [4.78, 5) is 15.6. The first kappa shape index (κ1) is 13.2. The van der Waals surface area contributed by atoms with E-state index in [1.807, 2.05) is 37.3 Å². The first-order chi connectivity index (χ1) is 10.2. The van der Waals surface area contributed by atoms with Gasteiger partial charge in [-0.05, 0) is 37.1 Å². The molecule has 2 aromatic heterocycles. The minimum atomic E-state index is 0.564. The van der Waals surface area contributed by atoms with E-state index in [9.17, 15) is 4.79 Å². The summed E-state index contributed by atoms with van der Waals surface area (Å²) in [6.07, 6.45) is 4.26.